The fraction of sp³-hybridized carbons (Fsp3) is 0.500. The van der Waals surface area contributed by atoms with Crippen LogP contribution in [0.25, 0.3) is 0 Å². The van der Waals surface area contributed by atoms with E-state index >= 15 is 0 Å². The van der Waals surface area contributed by atoms with Crippen molar-refractivity contribution in [2.45, 2.75) is 18.7 Å². The SMILES string of the molecule is Cc1ccc(C)c(S(=O)(=O)N(CCO)CCO)c1. The lowest BCUT2D eigenvalue weighted by Crippen LogP contribution is -2.36. The Morgan fingerprint density at radius 3 is 2.17 bits per heavy atom. The fourth-order valence-electron chi connectivity index (χ4n) is 1.70. The molecule has 0 atom stereocenters. The molecule has 5 nitrogen and oxygen atoms in total. The van der Waals surface area contributed by atoms with Crippen LogP contribution in [0.3, 0.4) is 0 Å². The van der Waals surface area contributed by atoms with Crippen LogP contribution in [-0.4, -0.2) is 49.2 Å². The lowest BCUT2D eigenvalue weighted by molar-refractivity contribution is 0.217. The Balaban J connectivity index is 3.21. The van der Waals surface area contributed by atoms with Crippen molar-refractivity contribution in [1.82, 2.24) is 4.31 Å². The van der Waals surface area contributed by atoms with Gasteiger partial charge in [0.15, 0.2) is 0 Å². The molecule has 18 heavy (non-hydrogen) atoms. The zero-order chi connectivity index (χ0) is 13.8. The van der Waals surface area contributed by atoms with Crippen molar-refractivity contribution in [2.75, 3.05) is 26.3 Å². The van der Waals surface area contributed by atoms with Gasteiger partial charge in [-0.15, -0.1) is 0 Å². The van der Waals surface area contributed by atoms with E-state index in [0.717, 1.165) is 9.87 Å². The van der Waals surface area contributed by atoms with E-state index in [1.165, 1.54) is 0 Å². The van der Waals surface area contributed by atoms with Gasteiger partial charge in [0.1, 0.15) is 0 Å². The molecule has 1 aromatic carbocycles. The number of hydrogen-bond donors (Lipinski definition) is 2. The topological polar surface area (TPSA) is 77.8 Å². The molecule has 0 aliphatic rings. The lowest BCUT2D eigenvalue weighted by Gasteiger charge is -2.21. The number of sulfonamides is 1. The average molecular weight is 273 g/mol. The second-order valence-electron chi connectivity index (χ2n) is 4.12. The predicted molar refractivity (Wildman–Crippen MR) is 68.8 cm³/mol. The Labute approximate surface area is 108 Å². The summed E-state index contributed by atoms with van der Waals surface area (Å²) in [6.45, 7) is 2.96. The molecule has 2 N–H and O–H groups in total. The van der Waals surface area contributed by atoms with E-state index in [0.29, 0.717) is 5.56 Å². The average Bonchev–Trinajstić information content (AvgIpc) is 2.32. The summed E-state index contributed by atoms with van der Waals surface area (Å²) in [7, 11) is -3.67. The van der Waals surface area contributed by atoms with Crippen molar-refractivity contribution in [3.8, 4) is 0 Å². The van der Waals surface area contributed by atoms with Crippen LogP contribution in [0.1, 0.15) is 11.1 Å². The van der Waals surface area contributed by atoms with Crippen LogP contribution in [0.5, 0.6) is 0 Å². The van der Waals surface area contributed by atoms with E-state index < -0.39 is 10.0 Å². The Hall–Kier alpha value is -0.950. The van der Waals surface area contributed by atoms with E-state index in [2.05, 4.69) is 0 Å². The van der Waals surface area contributed by atoms with Gasteiger partial charge in [-0.2, -0.15) is 4.31 Å². The first-order chi connectivity index (χ1) is 8.43. The van der Waals surface area contributed by atoms with Gasteiger partial charge in [0.25, 0.3) is 0 Å². The Morgan fingerprint density at radius 2 is 1.67 bits per heavy atom. The van der Waals surface area contributed by atoms with Crippen molar-refractivity contribution in [3.05, 3.63) is 29.3 Å². The lowest BCUT2D eigenvalue weighted by atomic mass is 10.2. The minimum atomic E-state index is -3.67. The van der Waals surface area contributed by atoms with Gasteiger partial charge in [-0.25, -0.2) is 8.42 Å². The summed E-state index contributed by atoms with van der Waals surface area (Å²) in [6, 6.07) is 5.20. The molecule has 0 radical (unpaired) electrons. The molecule has 0 aromatic heterocycles. The van der Waals surface area contributed by atoms with Crippen molar-refractivity contribution >= 4 is 10.0 Å². The monoisotopic (exact) mass is 273 g/mol. The molecule has 0 unspecified atom stereocenters. The minimum Gasteiger partial charge on any atom is -0.395 e. The van der Waals surface area contributed by atoms with Gasteiger partial charge in [0, 0.05) is 13.1 Å². The molecule has 0 bridgehead atoms. The Kier molecular flexibility index (Phi) is 5.28. The van der Waals surface area contributed by atoms with E-state index in [1.807, 2.05) is 13.0 Å². The van der Waals surface area contributed by atoms with Crippen molar-refractivity contribution in [2.24, 2.45) is 0 Å². The van der Waals surface area contributed by atoms with Crippen LogP contribution >= 0.6 is 0 Å². The van der Waals surface area contributed by atoms with Crippen LogP contribution < -0.4 is 0 Å². The first kappa shape index (κ1) is 15.1. The summed E-state index contributed by atoms with van der Waals surface area (Å²) in [5, 5.41) is 17.8. The molecule has 0 saturated carbocycles. The van der Waals surface area contributed by atoms with E-state index in [4.69, 9.17) is 10.2 Å². The molecule has 0 amide bonds. The smallest absolute Gasteiger partial charge is 0.243 e. The van der Waals surface area contributed by atoms with Crippen LogP contribution in [0.15, 0.2) is 23.1 Å². The summed E-state index contributed by atoms with van der Waals surface area (Å²) < 4.78 is 25.9. The molecular formula is C12H19NO4S. The highest BCUT2D eigenvalue weighted by molar-refractivity contribution is 7.89. The summed E-state index contributed by atoms with van der Waals surface area (Å²) in [6.07, 6.45) is 0. The number of hydrogen-bond acceptors (Lipinski definition) is 4. The number of benzene rings is 1. The van der Waals surface area contributed by atoms with Gasteiger partial charge in [-0.1, -0.05) is 12.1 Å². The van der Waals surface area contributed by atoms with Gasteiger partial charge in [-0.3, -0.25) is 0 Å². The predicted octanol–water partition coefficient (Wildman–Crippen LogP) is 0.279. The summed E-state index contributed by atoms with van der Waals surface area (Å²) >= 11 is 0. The molecule has 1 aromatic rings. The second-order valence-corrected chi connectivity index (χ2v) is 6.03. The molecule has 0 spiro atoms. The molecular weight excluding hydrogens is 254 g/mol. The maximum Gasteiger partial charge on any atom is 0.243 e. The van der Waals surface area contributed by atoms with Crippen LogP contribution in [0.4, 0.5) is 0 Å². The normalized spacial score (nSPS) is 12.1. The van der Waals surface area contributed by atoms with Gasteiger partial charge in [0.05, 0.1) is 18.1 Å². The highest BCUT2D eigenvalue weighted by Crippen LogP contribution is 2.20. The number of rotatable bonds is 6. The van der Waals surface area contributed by atoms with E-state index in [9.17, 15) is 8.42 Å². The maximum absolute atomic E-state index is 12.4. The molecule has 0 aliphatic carbocycles. The number of aliphatic hydroxyl groups is 2. The third-order valence-corrected chi connectivity index (χ3v) is 4.70. The molecule has 1 rings (SSSR count). The molecule has 102 valence electrons. The molecule has 0 heterocycles. The summed E-state index contributed by atoms with van der Waals surface area (Å²) in [5.74, 6) is 0. The van der Waals surface area contributed by atoms with Gasteiger partial charge < -0.3 is 10.2 Å². The maximum atomic E-state index is 12.4. The highest BCUT2D eigenvalue weighted by atomic mass is 32.2. The molecule has 0 saturated heterocycles. The third-order valence-electron chi connectivity index (χ3n) is 2.66. The second kappa shape index (κ2) is 6.29. The fourth-order valence-corrected chi connectivity index (χ4v) is 3.43. The standard InChI is InChI=1S/C12H19NO4S/c1-10-3-4-11(2)12(9-10)18(16,17)13(5-7-14)6-8-15/h3-4,9,14-15H,5-8H2,1-2H3. The minimum absolute atomic E-state index is 0.0176. The summed E-state index contributed by atoms with van der Waals surface area (Å²) in [5.41, 5.74) is 1.51. The number of aliphatic hydroxyl groups excluding tert-OH is 2. The number of aryl methyl sites for hydroxylation is 2. The van der Waals surface area contributed by atoms with Gasteiger partial charge in [-0.05, 0) is 31.0 Å². The zero-order valence-electron chi connectivity index (χ0n) is 10.6. The largest absolute Gasteiger partial charge is 0.395 e. The van der Waals surface area contributed by atoms with Gasteiger partial charge in [0.2, 0.25) is 10.0 Å². The zero-order valence-corrected chi connectivity index (χ0v) is 11.4. The quantitative estimate of drug-likeness (QED) is 0.780. The Morgan fingerprint density at radius 1 is 1.11 bits per heavy atom. The van der Waals surface area contributed by atoms with Crippen LogP contribution in [0, 0.1) is 13.8 Å². The first-order valence-corrected chi connectivity index (χ1v) is 7.16. The molecule has 0 fully saturated rings. The molecule has 6 heteroatoms. The Bertz CT molecular complexity index is 493. The number of nitrogens with zero attached hydrogens (tertiary/aromatic N) is 1. The molecule has 0 aliphatic heterocycles. The van der Waals surface area contributed by atoms with Crippen molar-refractivity contribution in [3.63, 3.8) is 0 Å². The van der Waals surface area contributed by atoms with Crippen LogP contribution in [0.2, 0.25) is 0 Å². The van der Waals surface area contributed by atoms with E-state index in [-0.39, 0.29) is 31.2 Å². The van der Waals surface area contributed by atoms with Crippen molar-refractivity contribution < 1.29 is 18.6 Å². The van der Waals surface area contributed by atoms with E-state index in [1.54, 1.807) is 19.1 Å². The highest BCUT2D eigenvalue weighted by Gasteiger charge is 2.25. The van der Waals surface area contributed by atoms with Crippen LogP contribution in [-0.2, 0) is 10.0 Å². The third kappa shape index (κ3) is 3.29. The first-order valence-electron chi connectivity index (χ1n) is 5.72. The van der Waals surface area contributed by atoms with Gasteiger partial charge >= 0.3 is 0 Å². The van der Waals surface area contributed by atoms with Crippen molar-refractivity contribution in [1.29, 1.82) is 0 Å². The summed E-state index contributed by atoms with van der Waals surface area (Å²) in [4.78, 5) is 0.226.